The van der Waals surface area contributed by atoms with Crippen molar-refractivity contribution in [2.45, 2.75) is 6.92 Å². The van der Waals surface area contributed by atoms with Gasteiger partial charge >= 0.3 is 0 Å². The number of nitrogens with zero attached hydrogens (tertiary/aromatic N) is 2. The van der Waals surface area contributed by atoms with Gasteiger partial charge in [-0.05, 0) is 61.0 Å². The summed E-state index contributed by atoms with van der Waals surface area (Å²) in [4.78, 5) is 12.1. The molecule has 3 N–H and O–H groups in total. The van der Waals surface area contributed by atoms with E-state index >= 15 is 0 Å². The van der Waals surface area contributed by atoms with Crippen molar-refractivity contribution in [3.05, 3.63) is 65.6 Å². The molecule has 0 saturated heterocycles. The van der Waals surface area contributed by atoms with Gasteiger partial charge in [-0.1, -0.05) is 0 Å². The first kappa shape index (κ1) is 18.1. The molecular weight excluding hydrogens is 351 g/mol. The monoisotopic (exact) mass is 368 g/mol. The van der Waals surface area contributed by atoms with Crippen molar-refractivity contribution in [1.29, 1.82) is 0 Å². The van der Waals surface area contributed by atoms with Crippen molar-refractivity contribution < 1.29 is 19.0 Å². The molecule has 3 rings (SSSR count). The second-order valence-corrected chi connectivity index (χ2v) is 5.53. The number of phenols is 1. The number of ether oxygens (including phenoxy) is 1. The van der Waals surface area contributed by atoms with Crippen LogP contribution in [0.1, 0.15) is 23.0 Å². The predicted octanol–water partition coefficient (Wildman–Crippen LogP) is 3.08. The maximum absolute atomic E-state index is 13.0. The molecule has 7 nitrogen and oxygen atoms in total. The summed E-state index contributed by atoms with van der Waals surface area (Å²) in [6.07, 6.45) is 1.43. The minimum Gasteiger partial charge on any atom is -0.504 e. The van der Waals surface area contributed by atoms with Crippen LogP contribution in [0, 0.1) is 5.82 Å². The molecule has 1 aromatic heterocycles. The Morgan fingerprint density at radius 2 is 2.07 bits per heavy atom. The molecule has 27 heavy (non-hydrogen) atoms. The van der Waals surface area contributed by atoms with E-state index in [2.05, 4.69) is 20.7 Å². The second kappa shape index (κ2) is 8.13. The number of nitrogens with one attached hydrogen (secondary N) is 2. The highest BCUT2D eigenvalue weighted by molar-refractivity contribution is 5.94. The van der Waals surface area contributed by atoms with E-state index in [9.17, 15) is 14.3 Å². The molecule has 0 fully saturated rings. The number of benzene rings is 2. The quantitative estimate of drug-likeness (QED) is 0.460. The maximum atomic E-state index is 13.0. The number of hydrogen-bond donors (Lipinski definition) is 3. The first-order valence-corrected chi connectivity index (χ1v) is 8.17. The van der Waals surface area contributed by atoms with E-state index in [4.69, 9.17) is 4.74 Å². The highest BCUT2D eigenvalue weighted by Gasteiger charge is 2.10. The minimum absolute atomic E-state index is 0.0313. The third-order valence-corrected chi connectivity index (χ3v) is 3.63. The zero-order valence-corrected chi connectivity index (χ0v) is 14.4. The third-order valence-electron chi connectivity index (χ3n) is 3.63. The molecule has 0 aliphatic rings. The summed E-state index contributed by atoms with van der Waals surface area (Å²) in [5.74, 6) is -0.451. The van der Waals surface area contributed by atoms with Gasteiger partial charge in [-0.2, -0.15) is 10.2 Å². The lowest BCUT2D eigenvalue weighted by Gasteiger charge is -2.05. The number of aromatic hydroxyl groups is 1. The molecule has 3 aromatic rings. The minimum atomic E-state index is -0.476. The highest BCUT2D eigenvalue weighted by Crippen LogP contribution is 2.26. The van der Waals surface area contributed by atoms with E-state index in [0.717, 1.165) is 0 Å². The average Bonchev–Trinajstić information content (AvgIpc) is 3.15. The van der Waals surface area contributed by atoms with Gasteiger partial charge in [-0.15, -0.1) is 0 Å². The highest BCUT2D eigenvalue weighted by atomic mass is 19.1. The van der Waals surface area contributed by atoms with E-state index in [1.807, 2.05) is 6.92 Å². The van der Waals surface area contributed by atoms with Crippen LogP contribution in [0.3, 0.4) is 0 Å². The Kier molecular flexibility index (Phi) is 5.46. The number of phenolic OH excluding ortho intramolecular Hbond substituents is 1. The number of hydrazone groups is 1. The molecule has 0 bridgehead atoms. The van der Waals surface area contributed by atoms with Crippen LogP contribution in [0.5, 0.6) is 11.5 Å². The molecule has 138 valence electrons. The summed E-state index contributed by atoms with van der Waals surface area (Å²) >= 11 is 0. The molecule has 0 radical (unpaired) electrons. The lowest BCUT2D eigenvalue weighted by molar-refractivity contribution is 0.0950. The van der Waals surface area contributed by atoms with Crippen LogP contribution in [0.15, 0.2) is 53.6 Å². The summed E-state index contributed by atoms with van der Waals surface area (Å²) in [6.45, 7) is 2.23. The molecule has 0 unspecified atom stereocenters. The van der Waals surface area contributed by atoms with Crippen LogP contribution in [-0.2, 0) is 0 Å². The number of carbonyl (C=O) groups is 1. The van der Waals surface area contributed by atoms with Gasteiger partial charge in [0.05, 0.1) is 18.5 Å². The molecule has 0 atom stereocenters. The summed E-state index contributed by atoms with van der Waals surface area (Å²) in [7, 11) is 0. The summed E-state index contributed by atoms with van der Waals surface area (Å²) in [5, 5.41) is 20.2. The van der Waals surface area contributed by atoms with Gasteiger partial charge in [0.2, 0.25) is 0 Å². The smallest absolute Gasteiger partial charge is 0.289 e. The Hall–Kier alpha value is -3.68. The first-order chi connectivity index (χ1) is 13.1. The van der Waals surface area contributed by atoms with Gasteiger partial charge in [-0.3, -0.25) is 9.89 Å². The number of H-pyrrole nitrogens is 1. The third kappa shape index (κ3) is 4.49. The first-order valence-electron chi connectivity index (χ1n) is 8.17. The van der Waals surface area contributed by atoms with Crippen molar-refractivity contribution >= 4 is 12.1 Å². The van der Waals surface area contributed by atoms with Gasteiger partial charge in [0.1, 0.15) is 11.5 Å². The number of aromatic amines is 1. The Morgan fingerprint density at radius 3 is 2.81 bits per heavy atom. The van der Waals surface area contributed by atoms with Crippen LogP contribution in [0.2, 0.25) is 0 Å². The molecule has 0 spiro atoms. The van der Waals surface area contributed by atoms with Crippen molar-refractivity contribution in [3.63, 3.8) is 0 Å². The van der Waals surface area contributed by atoms with Crippen LogP contribution >= 0.6 is 0 Å². The zero-order valence-electron chi connectivity index (χ0n) is 14.4. The molecule has 1 amide bonds. The average molecular weight is 368 g/mol. The van der Waals surface area contributed by atoms with Crippen molar-refractivity contribution in [1.82, 2.24) is 15.6 Å². The molecule has 0 saturated carbocycles. The molecular formula is C19H17FN4O3. The number of halogens is 1. The number of rotatable bonds is 6. The van der Waals surface area contributed by atoms with Gasteiger partial charge in [0.25, 0.3) is 5.91 Å². The number of carbonyl (C=O) groups excluding carboxylic acids is 1. The summed E-state index contributed by atoms with van der Waals surface area (Å²) in [5.41, 5.74) is 4.45. The Labute approximate surface area is 154 Å². The van der Waals surface area contributed by atoms with Gasteiger partial charge < -0.3 is 9.84 Å². The fourth-order valence-corrected chi connectivity index (χ4v) is 2.31. The number of hydrogen-bond acceptors (Lipinski definition) is 5. The fraction of sp³-hybridized carbons (Fsp3) is 0.105. The zero-order chi connectivity index (χ0) is 19.2. The van der Waals surface area contributed by atoms with Crippen molar-refractivity contribution in [2.24, 2.45) is 5.10 Å². The van der Waals surface area contributed by atoms with E-state index in [0.29, 0.717) is 29.2 Å². The lowest BCUT2D eigenvalue weighted by Crippen LogP contribution is -2.18. The Bertz CT molecular complexity index is 967. The topological polar surface area (TPSA) is 99.6 Å². The van der Waals surface area contributed by atoms with Gasteiger partial charge in [0, 0.05) is 5.56 Å². The molecule has 0 aliphatic carbocycles. The van der Waals surface area contributed by atoms with Crippen molar-refractivity contribution in [2.75, 3.05) is 6.61 Å². The molecule has 1 heterocycles. The Morgan fingerprint density at radius 1 is 1.30 bits per heavy atom. The largest absolute Gasteiger partial charge is 0.504 e. The van der Waals surface area contributed by atoms with Crippen LogP contribution in [-0.4, -0.2) is 34.0 Å². The lowest BCUT2D eigenvalue weighted by atomic mass is 10.1. The maximum Gasteiger partial charge on any atom is 0.289 e. The van der Waals surface area contributed by atoms with Crippen LogP contribution in [0.25, 0.3) is 11.3 Å². The normalized spacial score (nSPS) is 10.9. The molecule has 8 heteroatoms. The summed E-state index contributed by atoms with van der Waals surface area (Å²) in [6, 6.07) is 12.1. The van der Waals surface area contributed by atoms with Crippen LogP contribution < -0.4 is 10.2 Å². The molecule has 2 aromatic carbocycles. The standard InChI is InChI=1S/C19H17FN4O3/c1-2-27-18-9-12(3-8-17(18)25)11-21-24-19(26)16-10-15(22-23-16)13-4-6-14(20)7-5-13/h3-11,25H,2H2,1H3,(H,22,23)(H,24,26)/b21-11+. The summed E-state index contributed by atoms with van der Waals surface area (Å²) < 4.78 is 18.3. The van der Waals surface area contributed by atoms with Crippen molar-refractivity contribution in [3.8, 4) is 22.8 Å². The van der Waals surface area contributed by atoms with E-state index in [1.54, 1.807) is 30.3 Å². The predicted molar refractivity (Wildman–Crippen MR) is 98.3 cm³/mol. The van der Waals surface area contributed by atoms with E-state index < -0.39 is 5.91 Å². The van der Waals surface area contributed by atoms with E-state index in [-0.39, 0.29) is 17.3 Å². The van der Waals surface area contributed by atoms with Gasteiger partial charge in [-0.25, -0.2) is 9.82 Å². The van der Waals surface area contributed by atoms with Crippen LogP contribution in [0.4, 0.5) is 4.39 Å². The fourth-order valence-electron chi connectivity index (χ4n) is 2.31. The number of aromatic nitrogens is 2. The SMILES string of the molecule is CCOc1cc(/C=N/NC(=O)c2cc(-c3ccc(F)cc3)n[nH]2)ccc1O. The Balaban J connectivity index is 1.65. The second-order valence-electron chi connectivity index (χ2n) is 5.53. The number of amides is 1. The van der Waals surface area contributed by atoms with E-state index in [1.165, 1.54) is 24.4 Å². The molecule has 0 aliphatic heterocycles. The van der Waals surface area contributed by atoms with Gasteiger partial charge in [0.15, 0.2) is 11.5 Å².